The molecule has 1 aliphatic rings. The highest BCUT2D eigenvalue weighted by molar-refractivity contribution is 6.04. The van der Waals surface area contributed by atoms with Crippen LogP contribution in [0.5, 0.6) is 0 Å². The first-order chi connectivity index (χ1) is 16.5. The largest absolute Gasteiger partial charge is 0.371 e. The van der Waals surface area contributed by atoms with Gasteiger partial charge < -0.3 is 9.71 Å². The van der Waals surface area contributed by atoms with Gasteiger partial charge >= 0.3 is 0 Å². The number of hydrogen-bond acceptors (Lipinski definition) is 4. The Morgan fingerprint density at radius 2 is 1.53 bits per heavy atom. The molecule has 172 valence electrons. The molecule has 0 amide bonds. The number of aryl methyl sites for hydroxylation is 1. The summed E-state index contributed by atoms with van der Waals surface area (Å²) in [5.74, 6) is 0.717. The van der Waals surface area contributed by atoms with Crippen molar-refractivity contribution in [1.82, 2.24) is 14.4 Å². The lowest BCUT2D eigenvalue weighted by atomic mass is 9.98. The highest BCUT2D eigenvalue weighted by atomic mass is 16.1. The summed E-state index contributed by atoms with van der Waals surface area (Å²) >= 11 is 0. The Balaban J connectivity index is 1.59. The van der Waals surface area contributed by atoms with Gasteiger partial charge in [-0.05, 0) is 62.2 Å². The van der Waals surface area contributed by atoms with E-state index in [9.17, 15) is 4.79 Å². The summed E-state index contributed by atoms with van der Waals surface area (Å²) in [5, 5.41) is 0.656. The molecule has 0 radical (unpaired) electrons. The van der Waals surface area contributed by atoms with E-state index in [2.05, 4.69) is 61.1 Å². The highest BCUT2D eigenvalue weighted by Gasteiger charge is 2.23. The summed E-state index contributed by atoms with van der Waals surface area (Å²) in [4.78, 5) is 23.5. The van der Waals surface area contributed by atoms with Crippen molar-refractivity contribution in [3.8, 4) is 0 Å². The van der Waals surface area contributed by atoms with Crippen molar-refractivity contribution < 1.29 is 0 Å². The molecule has 1 fully saturated rings. The Bertz CT molecular complexity index is 1290. The topological polar surface area (TPSA) is 41.4 Å². The van der Waals surface area contributed by atoms with Crippen molar-refractivity contribution in [2.45, 2.75) is 31.8 Å². The van der Waals surface area contributed by atoms with Crippen molar-refractivity contribution in [3.05, 3.63) is 106 Å². The normalized spacial score (nSPS) is 15.1. The van der Waals surface area contributed by atoms with Crippen LogP contribution in [0.1, 0.15) is 35.8 Å². The average Bonchev–Trinajstić information content (AvgIpc) is 2.87. The molecule has 1 aromatic heterocycles. The second kappa shape index (κ2) is 9.47. The Kier molecular flexibility index (Phi) is 6.25. The Morgan fingerprint density at radius 3 is 2.12 bits per heavy atom. The van der Waals surface area contributed by atoms with Gasteiger partial charge in [0.15, 0.2) is 7.98 Å². The van der Waals surface area contributed by atoms with Crippen molar-refractivity contribution >= 4 is 24.6 Å². The minimum absolute atomic E-state index is 0.00583. The zero-order chi connectivity index (χ0) is 23.7. The van der Waals surface area contributed by atoms with Crippen LogP contribution in [0, 0.1) is 6.92 Å². The molecule has 6 heteroatoms. The van der Waals surface area contributed by atoms with Crippen LogP contribution in [0.25, 0.3) is 10.9 Å². The van der Waals surface area contributed by atoms with Crippen LogP contribution in [-0.2, 0) is 0 Å². The molecule has 2 heterocycles. The maximum atomic E-state index is 13.9. The predicted octanol–water partition coefficient (Wildman–Crippen LogP) is 3.79. The number of anilines is 1. The molecule has 0 unspecified atom stereocenters. The minimum atomic E-state index is -0.228. The number of fused-ring (bicyclic) bond motifs is 1. The van der Waals surface area contributed by atoms with Gasteiger partial charge in [0.05, 0.1) is 16.9 Å². The number of rotatable bonds is 5. The molecule has 0 atom stereocenters. The summed E-state index contributed by atoms with van der Waals surface area (Å²) in [6.45, 7) is 4.17. The first-order valence-electron chi connectivity index (χ1n) is 12.1. The number of benzene rings is 3. The van der Waals surface area contributed by atoms with Crippen molar-refractivity contribution in [3.63, 3.8) is 0 Å². The quantitative estimate of drug-likeness (QED) is 0.434. The van der Waals surface area contributed by atoms with Crippen molar-refractivity contribution in [1.29, 1.82) is 0 Å². The molecule has 34 heavy (non-hydrogen) atoms. The molecule has 1 aliphatic heterocycles. The first-order valence-corrected chi connectivity index (χ1v) is 12.1. The number of piperidine rings is 1. The molecule has 0 saturated carbocycles. The number of hydrogen-bond donors (Lipinski definition) is 0. The van der Waals surface area contributed by atoms with E-state index < -0.39 is 0 Å². The van der Waals surface area contributed by atoms with Crippen LogP contribution in [0.15, 0.2) is 83.7 Å². The van der Waals surface area contributed by atoms with Crippen molar-refractivity contribution in [2.24, 2.45) is 0 Å². The van der Waals surface area contributed by atoms with Gasteiger partial charge in [-0.3, -0.25) is 9.36 Å². The SMILES string of the molecule is BN1CCC(N(C)c2ccc3c(=O)n(C(c4ccccc4)c4ccccc4)c(C)nc3c2)CC1. The van der Waals surface area contributed by atoms with Crippen LogP contribution >= 0.6 is 0 Å². The molecule has 1 saturated heterocycles. The van der Waals surface area contributed by atoms with Crippen LogP contribution in [0.4, 0.5) is 5.69 Å². The van der Waals surface area contributed by atoms with Gasteiger partial charge in [0.1, 0.15) is 5.82 Å². The van der Waals surface area contributed by atoms with Crippen LogP contribution in [0.3, 0.4) is 0 Å². The van der Waals surface area contributed by atoms with Crippen LogP contribution < -0.4 is 10.5 Å². The summed E-state index contributed by atoms with van der Waals surface area (Å²) in [7, 11) is 4.34. The predicted molar refractivity (Wildman–Crippen MR) is 142 cm³/mol. The molecule has 5 rings (SSSR count). The van der Waals surface area contributed by atoms with E-state index in [0.29, 0.717) is 17.3 Å². The van der Waals surface area contributed by atoms with E-state index >= 15 is 0 Å². The molecule has 0 N–H and O–H groups in total. The molecule has 0 aliphatic carbocycles. The molecule has 5 nitrogen and oxygen atoms in total. The van der Waals surface area contributed by atoms with Crippen LogP contribution in [-0.4, -0.2) is 48.5 Å². The number of aromatic nitrogens is 2. The zero-order valence-electron chi connectivity index (χ0n) is 20.2. The molecule has 3 aromatic carbocycles. The van der Waals surface area contributed by atoms with Gasteiger partial charge in [-0.15, -0.1) is 0 Å². The summed E-state index contributed by atoms with van der Waals surface area (Å²) < 4.78 is 1.84. The number of nitrogens with zero attached hydrogens (tertiary/aromatic N) is 4. The summed E-state index contributed by atoms with van der Waals surface area (Å²) in [6.07, 6.45) is 2.30. The molecule has 4 aromatic rings. The van der Waals surface area contributed by atoms with Gasteiger partial charge in [0, 0.05) is 18.8 Å². The summed E-state index contributed by atoms with van der Waals surface area (Å²) in [6, 6.07) is 26.8. The lowest BCUT2D eigenvalue weighted by Gasteiger charge is -2.36. The lowest BCUT2D eigenvalue weighted by Crippen LogP contribution is -2.42. The van der Waals surface area contributed by atoms with E-state index in [1.54, 1.807) is 0 Å². The fourth-order valence-electron chi connectivity index (χ4n) is 5.18. The van der Waals surface area contributed by atoms with Gasteiger partial charge in [0.25, 0.3) is 5.56 Å². The fraction of sp³-hybridized carbons (Fsp3) is 0.286. The maximum Gasteiger partial charge on any atom is 0.262 e. The Labute approximate surface area is 202 Å². The van der Waals surface area contributed by atoms with E-state index in [-0.39, 0.29) is 11.6 Å². The van der Waals surface area contributed by atoms with Crippen molar-refractivity contribution in [2.75, 3.05) is 25.0 Å². The second-order valence-corrected chi connectivity index (χ2v) is 9.40. The van der Waals surface area contributed by atoms with Gasteiger partial charge in [0.2, 0.25) is 0 Å². The monoisotopic (exact) mass is 450 g/mol. The minimum Gasteiger partial charge on any atom is -0.371 e. The molecular formula is C28H31BN4O. The van der Waals surface area contributed by atoms with Gasteiger partial charge in [-0.2, -0.15) is 0 Å². The standard InChI is InChI=1S/C28H31BN4O/c1-20-30-26-19-24(31(2)23-15-17-32(29)18-16-23)13-14-25(26)28(34)33(20)27(21-9-5-3-6-10-21)22-11-7-4-8-12-22/h3-14,19,23,27H,15-18,29H2,1-2H3. The van der Waals surface area contributed by atoms with Gasteiger partial charge in [-0.1, -0.05) is 60.7 Å². The molecule has 0 bridgehead atoms. The lowest BCUT2D eigenvalue weighted by molar-refractivity contribution is 0.329. The average molecular weight is 450 g/mol. The third-order valence-corrected chi connectivity index (χ3v) is 7.19. The first kappa shape index (κ1) is 22.4. The molecular weight excluding hydrogens is 419 g/mol. The maximum absolute atomic E-state index is 13.9. The van der Waals surface area contributed by atoms with E-state index in [1.165, 1.54) is 0 Å². The Morgan fingerprint density at radius 1 is 0.941 bits per heavy atom. The van der Waals surface area contributed by atoms with Crippen LogP contribution in [0.2, 0.25) is 0 Å². The highest BCUT2D eigenvalue weighted by Crippen LogP contribution is 2.28. The zero-order valence-corrected chi connectivity index (χ0v) is 20.2. The smallest absolute Gasteiger partial charge is 0.262 e. The van der Waals surface area contributed by atoms with E-state index in [1.807, 2.05) is 54.0 Å². The third-order valence-electron chi connectivity index (χ3n) is 7.19. The summed E-state index contributed by atoms with van der Waals surface area (Å²) in [5.41, 5.74) is 4.01. The molecule has 0 spiro atoms. The van der Waals surface area contributed by atoms with E-state index in [0.717, 1.165) is 48.3 Å². The third kappa shape index (κ3) is 4.26. The Hall–Kier alpha value is -3.38. The van der Waals surface area contributed by atoms with Gasteiger partial charge in [-0.25, -0.2) is 4.98 Å². The second-order valence-electron chi connectivity index (χ2n) is 9.40. The fourth-order valence-corrected chi connectivity index (χ4v) is 5.18. The van der Waals surface area contributed by atoms with E-state index in [4.69, 9.17) is 4.98 Å².